The highest BCUT2D eigenvalue weighted by Crippen LogP contribution is 2.27. The number of hydrogen-bond acceptors (Lipinski definition) is 3. The number of rotatable bonds is 0. The highest BCUT2D eigenvalue weighted by molar-refractivity contribution is 8.14. The number of hydrogen-bond donors (Lipinski definition) is 0. The van der Waals surface area contributed by atoms with Gasteiger partial charge in [0.05, 0.1) is 5.75 Å². The monoisotopic (exact) mass is 171 g/mol. The van der Waals surface area contributed by atoms with Gasteiger partial charge >= 0.3 is 0 Å². The second-order valence-corrected chi connectivity index (χ2v) is 3.83. The second kappa shape index (κ2) is 2.52. The first-order valence-corrected chi connectivity index (χ1v) is 4.74. The van der Waals surface area contributed by atoms with E-state index in [1.165, 1.54) is 11.8 Å². The summed E-state index contributed by atoms with van der Waals surface area (Å²) in [6.07, 6.45) is 1.86. The molecule has 0 aromatic rings. The summed E-state index contributed by atoms with van der Waals surface area (Å²) in [7, 11) is 0. The molecule has 0 unspecified atom stereocenters. The minimum absolute atomic E-state index is 0.0822. The van der Waals surface area contributed by atoms with E-state index in [2.05, 4.69) is 0 Å². The summed E-state index contributed by atoms with van der Waals surface area (Å²) >= 11 is 1.17. The van der Waals surface area contributed by atoms with Crippen LogP contribution in [0.2, 0.25) is 0 Å². The van der Waals surface area contributed by atoms with Crippen molar-refractivity contribution in [2.24, 2.45) is 0 Å². The summed E-state index contributed by atoms with van der Waals surface area (Å²) in [4.78, 5) is 24.1. The van der Waals surface area contributed by atoms with Gasteiger partial charge in [0.15, 0.2) is 0 Å². The number of thioether (sulfide) groups is 1. The third kappa shape index (κ3) is 1.05. The number of nitrogens with zero attached hydrogens (tertiary/aromatic N) is 1. The van der Waals surface area contributed by atoms with Gasteiger partial charge in [0.25, 0.3) is 0 Å². The van der Waals surface area contributed by atoms with Crippen LogP contribution in [0.15, 0.2) is 0 Å². The maximum absolute atomic E-state index is 11.2. The molecule has 1 atom stereocenters. The van der Waals surface area contributed by atoms with E-state index in [1.54, 1.807) is 4.90 Å². The standard InChI is InChI=1S/C7H9NO2S/c9-6-4-11-7(10)5-2-1-3-8(5)6/h5H,1-4H2/t5-/m0/s1. The third-order valence-corrected chi connectivity index (χ3v) is 3.13. The van der Waals surface area contributed by atoms with Crippen molar-refractivity contribution in [2.45, 2.75) is 18.9 Å². The smallest absolute Gasteiger partial charge is 0.233 e. The summed E-state index contributed by atoms with van der Waals surface area (Å²) in [5, 5.41) is 0.183. The lowest BCUT2D eigenvalue weighted by Crippen LogP contribution is -2.44. The van der Waals surface area contributed by atoms with Crippen LogP contribution in [0.5, 0.6) is 0 Å². The molecule has 2 fully saturated rings. The van der Waals surface area contributed by atoms with Crippen LogP contribution in [0.3, 0.4) is 0 Å². The molecule has 2 saturated heterocycles. The zero-order valence-electron chi connectivity index (χ0n) is 6.08. The van der Waals surface area contributed by atoms with E-state index in [0.29, 0.717) is 5.75 Å². The minimum atomic E-state index is -0.0822. The molecule has 0 radical (unpaired) electrons. The van der Waals surface area contributed by atoms with Crippen molar-refractivity contribution in [3.05, 3.63) is 0 Å². The molecule has 3 nitrogen and oxygen atoms in total. The summed E-state index contributed by atoms with van der Waals surface area (Å²) < 4.78 is 0. The van der Waals surface area contributed by atoms with Crippen molar-refractivity contribution in [3.8, 4) is 0 Å². The average Bonchev–Trinajstić information content (AvgIpc) is 2.45. The van der Waals surface area contributed by atoms with Crippen LogP contribution in [0.4, 0.5) is 0 Å². The van der Waals surface area contributed by atoms with Gasteiger partial charge < -0.3 is 4.90 Å². The minimum Gasteiger partial charge on any atom is -0.331 e. The Balaban J connectivity index is 2.20. The molecule has 2 heterocycles. The molecule has 0 aromatic heterocycles. The lowest BCUT2D eigenvalue weighted by molar-refractivity contribution is -0.133. The Bertz CT molecular complexity index is 194. The lowest BCUT2D eigenvalue weighted by atomic mass is 10.2. The Labute approximate surface area is 69.1 Å². The van der Waals surface area contributed by atoms with E-state index in [1.807, 2.05) is 0 Å². The number of carbonyl (C=O) groups excluding carboxylic acids is 2. The van der Waals surface area contributed by atoms with Gasteiger partial charge in [0, 0.05) is 6.54 Å². The van der Waals surface area contributed by atoms with Crippen LogP contribution < -0.4 is 0 Å². The summed E-state index contributed by atoms with van der Waals surface area (Å²) in [5.74, 6) is 0.493. The molecular formula is C7H9NO2S. The molecule has 0 aliphatic carbocycles. The molecular weight excluding hydrogens is 162 g/mol. The van der Waals surface area contributed by atoms with E-state index < -0.39 is 0 Å². The van der Waals surface area contributed by atoms with E-state index in [4.69, 9.17) is 0 Å². The van der Waals surface area contributed by atoms with Crippen LogP contribution in [-0.4, -0.2) is 34.3 Å². The number of fused-ring (bicyclic) bond motifs is 1. The number of amides is 1. The molecule has 11 heavy (non-hydrogen) atoms. The van der Waals surface area contributed by atoms with Crippen molar-refractivity contribution in [2.75, 3.05) is 12.3 Å². The zero-order chi connectivity index (χ0) is 7.84. The van der Waals surface area contributed by atoms with Gasteiger partial charge in [-0.25, -0.2) is 0 Å². The van der Waals surface area contributed by atoms with Crippen LogP contribution in [-0.2, 0) is 9.59 Å². The normalized spacial score (nSPS) is 30.9. The quantitative estimate of drug-likeness (QED) is 0.524. The Morgan fingerprint density at radius 2 is 2.27 bits per heavy atom. The van der Waals surface area contributed by atoms with Crippen LogP contribution in [0.25, 0.3) is 0 Å². The zero-order valence-corrected chi connectivity index (χ0v) is 6.89. The maximum Gasteiger partial charge on any atom is 0.233 e. The van der Waals surface area contributed by atoms with Crippen LogP contribution in [0, 0.1) is 0 Å². The van der Waals surface area contributed by atoms with Gasteiger partial charge in [-0.2, -0.15) is 0 Å². The highest BCUT2D eigenvalue weighted by Gasteiger charge is 2.37. The molecule has 0 saturated carbocycles. The fraction of sp³-hybridized carbons (Fsp3) is 0.714. The second-order valence-electron chi connectivity index (χ2n) is 2.85. The SMILES string of the molecule is O=C1SCC(=O)N2CCC[C@@H]12. The van der Waals surface area contributed by atoms with Crippen molar-refractivity contribution < 1.29 is 9.59 Å². The van der Waals surface area contributed by atoms with Crippen LogP contribution >= 0.6 is 11.8 Å². The summed E-state index contributed by atoms with van der Waals surface area (Å²) in [6, 6.07) is -0.0822. The summed E-state index contributed by atoms with van der Waals surface area (Å²) in [5.41, 5.74) is 0. The molecule has 0 N–H and O–H groups in total. The molecule has 4 heteroatoms. The largest absolute Gasteiger partial charge is 0.331 e. The van der Waals surface area contributed by atoms with Gasteiger partial charge in [0.1, 0.15) is 6.04 Å². The predicted octanol–water partition coefficient (Wildman–Crippen LogP) is 0.251. The molecule has 0 bridgehead atoms. The lowest BCUT2D eigenvalue weighted by Gasteiger charge is -2.27. The molecule has 2 rings (SSSR count). The van der Waals surface area contributed by atoms with Crippen molar-refractivity contribution in [1.29, 1.82) is 0 Å². The summed E-state index contributed by atoms with van der Waals surface area (Å²) in [6.45, 7) is 0.788. The van der Waals surface area contributed by atoms with E-state index in [9.17, 15) is 9.59 Å². The molecule has 2 aliphatic heterocycles. The topological polar surface area (TPSA) is 37.4 Å². The van der Waals surface area contributed by atoms with Crippen molar-refractivity contribution in [1.82, 2.24) is 4.90 Å². The Kier molecular flexibility index (Phi) is 1.64. The Hall–Kier alpha value is -0.510. The van der Waals surface area contributed by atoms with Gasteiger partial charge in [-0.3, -0.25) is 9.59 Å². The Morgan fingerprint density at radius 1 is 1.45 bits per heavy atom. The first-order valence-electron chi connectivity index (χ1n) is 3.75. The van der Waals surface area contributed by atoms with Gasteiger partial charge in [0.2, 0.25) is 11.0 Å². The first-order chi connectivity index (χ1) is 5.29. The number of carbonyl (C=O) groups is 2. The molecule has 2 aliphatic rings. The van der Waals surface area contributed by atoms with E-state index in [-0.39, 0.29) is 17.1 Å². The first kappa shape index (κ1) is 7.16. The molecule has 0 spiro atoms. The van der Waals surface area contributed by atoms with E-state index >= 15 is 0 Å². The van der Waals surface area contributed by atoms with Crippen LogP contribution in [0.1, 0.15) is 12.8 Å². The average molecular weight is 171 g/mol. The van der Waals surface area contributed by atoms with E-state index in [0.717, 1.165) is 19.4 Å². The molecule has 60 valence electrons. The molecule has 0 aromatic carbocycles. The third-order valence-electron chi connectivity index (χ3n) is 2.18. The van der Waals surface area contributed by atoms with Gasteiger partial charge in [-0.05, 0) is 12.8 Å². The Morgan fingerprint density at radius 3 is 3.00 bits per heavy atom. The van der Waals surface area contributed by atoms with Crippen molar-refractivity contribution >= 4 is 22.8 Å². The highest BCUT2D eigenvalue weighted by atomic mass is 32.2. The molecule has 1 amide bonds. The predicted molar refractivity (Wildman–Crippen MR) is 42.2 cm³/mol. The van der Waals surface area contributed by atoms with Gasteiger partial charge in [-0.1, -0.05) is 11.8 Å². The fourth-order valence-electron chi connectivity index (χ4n) is 1.62. The van der Waals surface area contributed by atoms with Gasteiger partial charge in [-0.15, -0.1) is 0 Å². The van der Waals surface area contributed by atoms with Crippen molar-refractivity contribution in [3.63, 3.8) is 0 Å². The maximum atomic E-state index is 11.2. The fourth-order valence-corrected chi connectivity index (χ4v) is 2.49.